The van der Waals surface area contributed by atoms with Crippen LogP contribution in [-0.2, 0) is 17.9 Å². The first-order valence-electron chi connectivity index (χ1n) is 11.8. The smallest absolute Gasteiger partial charge is 0.230 e. The average molecular weight is 451 g/mol. The quantitative estimate of drug-likeness (QED) is 0.434. The third-order valence-electron chi connectivity index (χ3n) is 6.78. The second-order valence-electron chi connectivity index (χ2n) is 9.05. The van der Waals surface area contributed by atoms with Crippen LogP contribution in [0, 0.1) is 6.92 Å². The van der Waals surface area contributed by atoms with Crippen molar-refractivity contribution in [3.8, 4) is 11.1 Å². The van der Waals surface area contributed by atoms with Gasteiger partial charge in [-0.05, 0) is 53.8 Å². The van der Waals surface area contributed by atoms with Crippen LogP contribution in [0.3, 0.4) is 0 Å². The van der Waals surface area contributed by atoms with Crippen molar-refractivity contribution in [3.63, 3.8) is 0 Å². The van der Waals surface area contributed by atoms with Crippen LogP contribution < -0.4 is 4.90 Å². The highest BCUT2D eigenvalue weighted by Crippen LogP contribution is 2.32. The molecule has 1 aromatic heterocycles. The minimum absolute atomic E-state index is 0.175. The van der Waals surface area contributed by atoms with E-state index in [0.717, 1.165) is 29.9 Å². The van der Waals surface area contributed by atoms with Crippen molar-refractivity contribution in [2.75, 3.05) is 18.0 Å². The standard InChI is InChI=1S/C29H30N4O/c1-21-8-6-7-11-27(21)22(2)29(34)33-15-14-32(19-26-17-30-20-31-26)28-13-12-24(16-25(28)18-33)23-9-4-3-5-10-23/h3-13,16-17,20,22H,14-15,18-19H2,1-2H3,(H,30,31). The fraction of sp³-hybridized carbons (Fsp3) is 0.241. The van der Waals surface area contributed by atoms with Gasteiger partial charge >= 0.3 is 0 Å². The molecule has 0 spiro atoms. The number of anilines is 1. The average Bonchev–Trinajstić information content (AvgIpc) is 3.32. The summed E-state index contributed by atoms with van der Waals surface area (Å²) in [5, 5.41) is 0. The molecule has 4 aromatic rings. The normalized spacial score (nSPS) is 14.4. The van der Waals surface area contributed by atoms with E-state index in [1.165, 1.54) is 22.4 Å². The predicted octanol–water partition coefficient (Wildman–Crippen LogP) is 5.54. The van der Waals surface area contributed by atoms with Gasteiger partial charge in [-0.25, -0.2) is 4.98 Å². The van der Waals surface area contributed by atoms with E-state index in [4.69, 9.17) is 0 Å². The van der Waals surface area contributed by atoms with Crippen molar-refractivity contribution < 1.29 is 4.79 Å². The van der Waals surface area contributed by atoms with Crippen molar-refractivity contribution in [1.29, 1.82) is 0 Å². The maximum atomic E-state index is 13.7. The molecule has 5 rings (SSSR count). The van der Waals surface area contributed by atoms with Crippen molar-refractivity contribution in [1.82, 2.24) is 14.9 Å². The largest absolute Gasteiger partial charge is 0.364 e. The predicted molar refractivity (Wildman–Crippen MR) is 137 cm³/mol. The van der Waals surface area contributed by atoms with Gasteiger partial charge in [0.15, 0.2) is 0 Å². The zero-order valence-electron chi connectivity index (χ0n) is 19.7. The van der Waals surface area contributed by atoms with E-state index in [0.29, 0.717) is 13.1 Å². The number of aromatic nitrogens is 2. The Hall–Kier alpha value is -3.86. The fourth-order valence-electron chi connectivity index (χ4n) is 4.89. The number of nitrogens with one attached hydrogen (secondary N) is 1. The van der Waals surface area contributed by atoms with E-state index in [1.54, 1.807) is 6.33 Å². The Bertz CT molecular complexity index is 1270. The summed E-state index contributed by atoms with van der Waals surface area (Å²) in [5.41, 5.74) is 8.01. The summed E-state index contributed by atoms with van der Waals surface area (Å²) in [4.78, 5) is 25.5. The summed E-state index contributed by atoms with van der Waals surface area (Å²) in [7, 11) is 0. The molecular weight excluding hydrogens is 420 g/mol. The summed E-state index contributed by atoms with van der Waals surface area (Å²) in [6, 6.07) is 25.2. The number of aromatic amines is 1. The number of rotatable bonds is 5. The van der Waals surface area contributed by atoms with Crippen molar-refractivity contribution in [3.05, 3.63) is 108 Å². The number of H-pyrrole nitrogens is 1. The van der Waals surface area contributed by atoms with Gasteiger partial charge in [-0.2, -0.15) is 0 Å². The molecule has 3 aromatic carbocycles. The highest BCUT2D eigenvalue weighted by molar-refractivity contribution is 5.84. The lowest BCUT2D eigenvalue weighted by atomic mass is 9.95. The Morgan fingerprint density at radius 3 is 2.56 bits per heavy atom. The van der Waals surface area contributed by atoms with Crippen LogP contribution in [0.1, 0.15) is 35.2 Å². The SMILES string of the molecule is Cc1ccccc1C(C)C(=O)N1CCN(Cc2cnc[nH]2)c2ccc(-c3ccccc3)cc2C1. The number of fused-ring (bicyclic) bond motifs is 1. The number of benzene rings is 3. The highest BCUT2D eigenvalue weighted by atomic mass is 16.2. The number of aryl methyl sites for hydroxylation is 1. The highest BCUT2D eigenvalue weighted by Gasteiger charge is 2.28. The maximum absolute atomic E-state index is 13.7. The van der Waals surface area contributed by atoms with E-state index in [-0.39, 0.29) is 11.8 Å². The minimum atomic E-state index is -0.180. The van der Waals surface area contributed by atoms with Crippen molar-refractivity contribution in [2.24, 2.45) is 0 Å². The first-order chi connectivity index (χ1) is 16.6. The Labute approximate surface area is 201 Å². The Kier molecular flexibility index (Phi) is 6.17. The number of carbonyl (C=O) groups is 1. The fourth-order valence-corrected chi connectivity index (χ4v) is 4.89. The monoisotopic (exact) mass is 450 g/mol. The summed E-state index contributed by atoms with van der Waals surface area (Å²) in [5.74, 6) is -0.00475. The summed E-state index contributed by atoms with van der Waals surface area (Å²) in [6.07, 6.45) is 3.58. The van der Waals surface area contributed by atoms with E-state index >= 15 is 0 Å². The third-order valence-corrected chi connectivity index (χ3v) is 6.78. The number of carbonyl (C=O) groups excluding carboxylic acids is 1. The molecule has 5 heteroatoms. The molecule has 34 heavy (non-hydrogen) atoms. The molecule has 1 aliphatic heterocycles. The third kappa shape index (κ3) is 4.46. The molecule has 1 atom stereocenters. The van der Waals surface area contributed by atoms with E-state index in [2.05, 4.69) is 76.4 Å². The number of imidazole rings is 1. The van der Waals surface area contributed by atoms with Gasteiger partial charge < -0.3 is 14.8 Å². The Morgan fingerprint density at radius 1 is 1.00 bits per heavy atom. The Morgan fingerprint density at radius 2 is 1.79 bits per heavy atom. The van der Waals surface area contributed by atoms with Crippen LogP contribution in [0.4, 0.5) is 5.69 Å². The molecule has 1 amide bonds. The molecule has 0 bridgehead atoms. The van der Waals surface area contributed by atoms with E-state index in [1.807, 2.05) is 36.2 Å². The van der Waals surface area contributed by atoms with E-state index in [9.17, 15) is 4.79 Å². The molecule has 1 aliphatic rings. The molecule has 0 saturated heterocycles. The molecule has 2 heterocycles. The summed E-state index contributed by atoms with van der Waals surface area (Å²) >= 11 is 0. The molecule has 0 saturated carbocycles. The van der Waals surface area contributed by atoms with Gasteiger partial charge in [0.2, 0.25) is 5.91 Å². The van der Waals surface area contributed by atoms with Gasteiger partial charge in [-0.15, -0.1) is 0 Å². The first kappa shape index (κ1) is 22.0. The minimum Gasteiger partial charge on any atom is -0.364 e. The van der Waals surface area contributed by atoms with Crippen LogP contribution in [0.5, 0.6) is 0 Å². The maximum Gasteiger partial charge on any atom is 0.230 e. The lowest BCUT2D eigenvalue weighted by molar-refractivity contribution is -0.132. The number of nitrogens with zero attached hydrogens (tertiary/aromatic N) is 3. The summed E-state index contributed by atoms with van der Waals surface area (Å²) < 4.78 is 0. The van der Waals surface area contributed by atoms with Crippen LogP contribution in [0.15, 0.2) is 85.3 Å². The lowest BCUT2D eigenvalue weighted by Crippen LogP contribution is -2.37. The Balaban J connectivity index is 1.49. The van der Waals surface area contributed by atoms with Crippen LogP contribution in [0.25, 0.3) is 11.1 Å². The topological polar surface area (TPSA) is 52.2 Å². The van der Waals surface area contributed by atoms with Gasteiger partial charge in [0.1, 0.15) is 0 Å². The number of hydrogen-bond acceptors (Lipinski definition) is 3. The molecule has 172 valence electrons. The first-order valence-corrected chi connectivity index (χ1v) is 11.8. The summed E-state index contributed by atoms with van der Waals surface area (Å²) in [6.45, 7) is 6.88. The van der Waals surface area contributed by atoms with Gasteiger partial charge in [0.25, 0.3) is 0 Å². The second kappa shape index (κ2) is 9.56. The molecule has 5 nitrogen and oxygen atoms in total. The van der Waals surface area contributed by atoms with Gasteiger partial charge in [-0.3, -0.25) is 4.79 Å². The second-order valence-corrected chi connectivity index (χ2v) is 9.05. The van der Waals surface area contributed by atoms with Gasteiger partial charge in [0.05, 0.1) is 24.5 Å². The van der Waals surface area contributed by atoms with Crippen LogP contribution in [-0.4, -0.2) is 33.9 Å². The molecule has 1 unspecified atom stereocenters. The van der Waals surface area contributed by atoms with Gasteiger partial charge in [-0.1, -0.05) is 60.7 Å². The molecule has 0 aliphatic carbocycles. The molecule has 0 radical (unpaired) electrons. The lowest BCUT2D eigenvalue weighted by Gasteiger charge is -2.26. The zero-order valence-corrected chi connectivity index (χ0v) is 19.7. The van der Waals surface area contributed by atoms with Crippen molar-refractivity contribution >= 4 is 11.6 Å². The van der Waals surface area contributed by atoms with Crippen molar-refractivity contribution in [2.45, 2.75) is 32.9 Å². The van der Waals surface area contributed by atoms with Gasteiger partial charge in [0, 0.05) is 31.5 Å². The molecular formula is C29H30N4O. The van der Waals surface area contributed by atoms with Crippen LogP contribution >= 0.6 is 0 Å². The number of amides is 1. The number of hydrogen-bond donors (Lipinski definition) is 1. The molecule has 1 N–H and O–H groups in total. The van der Waals surface area contributed by atoms with Crippen LogP contribution in [0.2, 0.25) is 0 Å². The molecule has 0 fully saturated rings. The zero-order chi connectivity index (χ0) is 23.5. The van der Waals surface area contributed by atoms with E-state index < -0.39 is 0 Å².